The molecule has 37 heavy (non-hydrogen) atoms. The third-order valence-corrected chi connectivity index (χ3v) is 9.73. The molecule has 1 aliphatic heterocycles. The second-order valence-electron chi connectivity index (χ2n) is 10.4. The van der Waals surface area contributed by atoms with Gasteiger partial charge in [0.25, 0.3) is 0 Å². The smallest absolute Gasteiger partial charge is 0.304 e. The fraction of sp³-hybridized carbons (Fsp3) is 0.500. The first-order chi connectivity index (χ1) is 17.4. The number of sulfonamides is 1. The molecule has 1 aromatic carbocycles. The van der Waals surface area contributed by atoms with Crippen LogP contribution in [0.5, 0.6) is 0 Å². The van der Waals surface area contributed by atoms with Crippen molar-refractivity contribution in [1.82, 2.24) is 14.6 Å². The summed E-state index contributed by atoms with van der Waals surface area (Å²) in [6.45, 7) is 3.73. The van der Waals surface area contributed by atoms with Crippen molar-refractivity contribution in [3.8, 4) is 0 Å². The Hall–Kier alpha value is -2.20. The van der Waals surface area contributed by atoms with E-state index >= 15 is 0 Å². The van der Waals surface area contributed by atoms with Crippen molar-refractivity contribution in [3.63, 3.8) is 0 Å². The largest absolute Gasteiger partial charge is 0.481 e. The van der Waals surface area contributed by atoms with E-state index in [4.69, 9.17) is 23.2 Å². The van der Waals surface area contributed by atoms with Crippen molar-refractivity contribution in [2.24, 2.45) is 5.41 Å². The lowest BCUT2D eigenvalue weighted by molar-refractivity contribution is -0.160. The topological polar surface area (TPSA) is 117 Å². The maximum absolute atomic E-state index is 14.1. The molecule has 1 saturated heterocycles. The van der Waals surface area contributed by atoms with Gasteiger partial charge in [0.2, 0.25) is 15.9 Å². The number of aliphatic carboxylic acids is 1. The fourth-order valence-electron chi connectivity index (χ4n) is 5.30. The van der Waals surface area contributed by atoms with Crippen molar-refractivity contribution in [3.05, 3.63) is 63.9 Å². The Balaban J connectivity index is 1.74. The van der Waals surface area contributed by atoms with Crippen LogP contribution >= 0.6 is 23.2 Å². The number of nitrogens with zero attached hydrogens (tertiary/aromatic N) is 2. The molecule has 0 spiro atoms. The molecule has 1 amide bonds. The first kappa shape index (κ1) is 27.8. The predicted octanol–water partition coefficient (Wildman–Crippen LogP) is 4.79. The van der Waals surface area contributed by atoms with Gasteiger partial charge in [-0.25, -0.2) is 13.1 Å². The van der Waals surface area contributed by atoms with Gasteiger partial charge in [-0.15, -0.1) is 0 Å². The van der Waals surface area contributed by atoms with Gasteiger partial charge in [0.1, 0.15) is 0 Å². The Bertz CT molecular complexity index is 1270. The summed E-state index contributed by atoms with van der Waals surface area (Å²) in [6.07, 6.45) is 4.87. The van der Waals surface area contributed by atoms with Crippen LogP contribution in [0.2, 0.25) is 10.0 Å². The molecule has 4 unspecified atom stereocenters. The molecule has 2 N–H and O–H groups in total. The Morgan fingerprint density at radius 3 is 2.46 bits per heavy atom. The number of halogens is 2. The zero-order valence-electron chi connectivity index (χ0n) is 20.7. The number of carboxylic acid groups (broad SMARTS) is 1. The summed E-state index contributed by atoms with van der Waals surface area (Å²) in [5.74, 6) is -1.65. The molecule has 1 saturated carbocycles. The van der Waals surface area contributed by atoms with Crippen molar-refractivity contribution < 1.29 is 23.1 Å². The van der Waals surface area contributed by atoms with E-state index in [-0.39, 0.29) is 36.5 Å². The minimum Gasteiger partial charge on any atom is -0.481 e. The molecule has 8 nitrogen and oxygen atoms in total. The minimum absolute atomic E-state index is 0.177. The monoisotopic (exact) mass is 567 g/mol. The van der Waals surface area contributed by atoms with Gasteiger partial charge in [-0.05, 0) is 61.9 Å². The summed E-state index contributed by atoms with van der Waals surface area (Å²) in [6, 6.07) is 8.19. The van der Waals surface area contributed by atoms with Gasteiger partial charge in [-0.1, -0.05) is 42.3 Å². The summed E-state index contributed by atoms with van der Waals surface area (Å²) in [7, 11) is -3.36. The van der Waals surface area contributed by atoms with E-state index in [9.17, 15) is 23.1 Å². The lowest BCUT2D eigenvalue weighted by atomic mass is 9.67. The number of carbonyl (C=O) groups is 2. The van der Waals surface area contributed by atoms with Gasteiger partial charge >= 0.3 is 5.97 Å². The zero-order chi connectivity index (χ0) is 27.0. The van der Waals surface area contributed by atoms with E-state index in [0.717, 1.165) is 11.1 Å². The molecule has 4 atom stereocenters. The molecule has 4 rings (SSSR count). The quantitative estimate of drug-likeness (QED) is 0.426. The average molecular weight is 569 g/mol. The number of pyridine rings is 1. The van der Waals surface area contributed by atoms with Crippen molar-refractivity contribution in [2.45, 2.75) is 69.2 Å². The zero-order valence-corrected chi connectivity index (χ0v) is 23.1. The summed E-state index contributed by atoms with van der Waals surface area (Å²) >= 11 is 12.4. The average Bonchev–Trinajstić information content (AvgIpc) is 3.67. The van der Waals surface area contributed by atoms with Gasteiger partial charge in [-0.3, -0.25) is 14.6 Å². The SMILES string of the molecule is CC(CCNS(=O)(=O)C1CC1)N1C(=O)C(C)(CC(=O)O)CC(c2cncc(Cl)c2)C1c1ccc(Cl)cc1. The number of aromatic nitrogens is 1. The molecule has 11 heteroatoms. The summed E-state index contributed by atoms with van der Waals surface area (Å²) in [5, 5.41) is 10.3. The van der Waals surface area contributed by atoms with Crippen LogP contribution in [0.25, 0.3) is 0 Å². The highest BCUT2D eigenvalue weighted by atomic mass is 35.5. The number of carbonyl (C=O) groups excluding carboxylic acids is 1. The molecule has 2 aliphatic rings. The maximum Gasteiger partial charge on any atom is 0.304 e. The maximum atomic E-state index is 14.1. The van der Waals surface area contributed by atoms with Gasteiger partial charge in [0.15, 0.2) is 0 Å². The Kier molecular flexibility index (Phi) is 8.19. The van der Waals surface area contributed by atoms with Crippen LogP contribution in [-0.2, 0) is 19.6 Å². The number of amides is 1. The molecule has 1 aliphatic carbocycles. The van der Waals surface area contributed by atoms with E-state index in [2.05, 4.69) is 9.71 Å². The lowest BCUT2D eigenvalue weighted by Crippen LogP contribution is -2.56. The molecular weight excluding hydrogens is 537 g/mol. The third kappa shape index (κ3) is 6.28. The number of rotatable bonds is 10. The normalized spacial score (nSPS) is 25.2. The van der Waals surface area contributed by atoms with Crippen LogP contribution < -0.4 is 4.72 Å². The van der Waals surface area contributed by atoms with Gasteiger partial charge < -0.3 is 10.0 Å². The number of carboxylic acids is 1. The highest BCUT2D eigenvalue weighted by molar-refractivity contribution is 7.90. The van der Waals surface area contributed by atoms with E-state index in [0.29, 0.717) is 29.3 Å². The Morgan fingerprint density at radius 2 is 1.86 bits per heavy atom. The molecule has 200 valence electrons. The van der Waals surface area contributed by atoms with Crippen LogP contribution in [0, 0.1) is 5.41 Å². The minimum atomic E-state index is -3.36. The van der Waals surface area contributed by atoms with E-state index < -0.39 is 33.5 Å². The van der Waals surface area contributed by atoms with Gasteiger partial charge in [-0.2, -0.15) is 0 Å². The molecule has 2 heterocycles. The Morgan fingerprint density at radius 1 is 1.19 bits per heavy atom. The Labute approximate surface area is 227 Å². The fourth-order valence-corrected chi connectivity index (χ4v) is 7.00. The molecule has 1 aromatic heterocycles. The van der Waals surface area contributed by atoms with Crippen LogP contribution in [0.15, 0.2) is 42.7 Å². The number of likely N-dealkylation sites (tertiary alicyclic amines) is 1. The molecular formula is C26H31Cl2N3O5S. The van der Waals surface area contributed by atoms with E-state index in [1.165, 1.54) is 6.20 Å². The number of hydrogen-bond donors (Lipinski definition) is 2. The molecule has 0 radical (unpaired) electrons. The summed E-state index contributed by atoms with van der Waals surface area (Å²) in [4.78, 5) is 31.9. The van der Waals surface area contributed by atoms with E-state index in [1.54, 1.807) is 36.2 Å². The van der Waals surface area contributed by atoms with Gasteiger partial charge in [0, 0.05) is 35.9 Å². The standard InChI is InChI=1S/C26H31Cl2N3O5S/c1-16(9-10-30-37(35,36)21-7-8-21)31-24(17-3-5-19(27)6-4-17)22(18-11-20(28)15-29-14-18)12-26(2,25(31)34)13-23(32)33/h3-6,11,14-16,21-22,24,30H,7-10,12-13H2,1-2H3,(H,32,33). The molecule has 2 fully saturated rings. The number of hydrogen-bond acceptors (Lipinski definition) is 5. The highest BCUT2D eigenvalue weighted by Crippen LogP contribution is 2.52. The van der Waals surface area contributed by atoms with Crippen LogP contribution in [0.1, 0.15) is 69.0 Å². The number of benzene rings is 1. The first-order valence-electron chi connectivity index (χ1n) is 12.3. The summed E-state index contributed by atoms with van der Waals surface area (Å²) in [5.41, 5.74) is 0.456. The van der Waals surface area contributed by atoms with E-state index in [1.807, 2.05) is 19.1 Å². The highest BCUT2D eigenvalue weighted by Gasteiger charge is 2.52. The van der Waals surface area contributed by atoms with Crippen molar-refractivity contribution in [1.29, 1.82) is 0 Å². The lowest BCUT2D eigenvalue weighted by Gasteiger charge is -2.51. The first-order valence-corrected chi connectivity index (χ1v) is 14.6. The van der Waals surface area contributed by atoms with Crippen LogP contribution in [0.3, 0.4) is 0 Å². The number of piperidine rings is 1. The van der Waals surface area contributed by atoms with Gasteiger partial charge in [0.05, 0.1) is 28.2 Å². The van der Waals surface area contributed by atoms with Crippen LogP contribution in [-0.4, -0.2) is 53.1 Å². The summed E-state index contributed by atoms with van der Waals surface area (Å²) < 4.78 is 27.3. The number of nitrogens with one attached hydrogen (secondary N) is 1. The van der Waals surface area contributed by atoms with Crippen LogP contribution in [0.4, 0.5) is 0 Å². The van der Waals surface area contributed by atoms with Crippen molar-refractivity contribution >= 4 is 45.1 Å². The van der Waals surface area contributed by atoms with Crippen molar-refractivity contribution in [2.75, 3.05) is 6.54 Å². The molecule has 0 bridgehead atoms. The third-order valence-electron chi connectivity index (χ3n) is 7.31. The predicted molar refractivity (Wildman–Crippen MR) is 142 cm³/mol. The molecule has 2 aromatic rings. The second kappa shape index (κ2) is 10.9. The second-order valence-corrected chi connectivity index (χ2v) is 13.3.